The molecule has 2 nitrogen and oxygen atoms in total. The Morgan fingerprint density at radius 3 is 2.29 bits per heavy atom. The van der Waals surface area contributed by atoms with Gasteiger partial charge in [-0.3, -0.25) is 4.79 Å². The fraction of sp³-hybridized carbons (Fsp3) is 0.917. The van der Waals surface area contributed by atoms with E-state index in [2.05, 4.69) is 20.8 Å². The predicted molar refractivity (Wildman–Crippen MR) is 55.2 cm³/mol. The van der Waals surface area contributed by atoms with Crippen LogP contribution in [0.2, 0.25) is 0 Å². The fourth-order valence-corrected chi connectivity index (χ4v) is 2.80. The summed E-state index contributed by atoms with van der Waals surface area (Å²) in [5, 5.41) is 0. The van der Waals surface area contributed by atoms with Gasteiger partial charge in [0.05, 0.1) is 17.1 Å². The first-order valence-electron chi connectivity index (χ1n) is 5.65. The van der Waals surface area contributed by atoms with Crippen LogP contribution in [0.5, 0.6) is 0 Å². The number of ketones is 1. The van der Waals surface area contributed by atoms with Gasteiger partial charge >= 0.3 is 0 Å². The van der Waals surface area contributed by atoms with E-state index in [1.54, 1.807) is 0 Å². The second-order valence-corrected chi connectivity index (χ2v) is 5.71. The van der Waals surface area contributed by atoms with Crippen LogP contribution in [-0.4, -0.2) is 17.5 Å². The molecule has 2 heteroatoms. The van der Waals surface area contributed by atoms with E-state index < -0.39 is 0 Å². The molecule has 0 bridgehead atoms. The Hall–Kier alpha value is -0.370. The molecule has 0 N–H and O–H groups in total. The van der Waals surface area contributed by atoms with Crippen LogP contribution in [0, 0.1) is 5.41 Å². The number of carbonyl (C=O) groups excluding carboxylic acids is 1. The molecule has 2 saturated carbocycles. The molecule has 1 spiro atoms. The van der Waals surface area contributed by atoms with Crippen LogP contribution in [0.15, 0.2) is 0 Å². The lowest BCUT2D eigenvalue weighted by molar-refractivity contribution is -0.181. The van der Waals surface area contributed by atoms with Gasteiger partial charge in [-0.25, -0.2) is 0 Å². The SMILES string of the molecule is CC(C)(C)OC1CC(=O)C12CCCC2. The Bertz CT molecular complexity index is 244. The summed E-state index contributed by atoms with van der Waals surface area (Å²) in [5.41, 5.74) is -0.172. The van der Waals surface area contributed by atoms with E-state index in [4.69, 9.17) is 4.74 Å². The zero-order valence-corrected chi connectivity index (χ0v) is 9.43. The average molecular weight is 196 g/mol. The first-order chi connectivity index (χ1) is 6.44. The van der Waals surface area contributed by atoms with Crippen molar-refractivity contribution < 1.29 is 9.53 Å². The zero-order chi connectivity index (χ0) is 10.4. The Balaban J connectivity index is 2.05. The van der Waals surface area contributed by atoms with E-state index in [0.717, 1.165) is 12.8 Å². The highest BCUT2D eigenvalue weighted by atomic mass is 16.5. The molecule has 0 radical (unpaired) electrons. The van der Waals surface area contributed by atoms with E-state index in [-0.39, 0.29) is 17.1 Å². The molecule has 14 heavy (non-hydrogen) atoms. The van der Waals surface area contributed by atoms with Gasteiger partial charge < -0.3 is 4.74 Å². The van der Waals surface area contributed by atoms with Crippen molar-refractivity contribution in [3.63, 3.8) is 0 Å². The largest absolute Gasteiger partial charge is 0.371 e. The topological polar surface area (TPSA) is 26.3 Å². The minimum atomic E-state index is -0.110. The highest BCUT2D eigenvalue weighted by molar-refractivity contribution is 5.92. The Morgan fingerprint density at radius 1 is 1.29 bits per heavy atom. The average Bonchev–Trinajstić information content (AvgIpc) is 2.51. The molecule has 80 valence electrons. The molecule has 2 fully saturated rings. The first-order valence-corrected chi connectivity index (χ1v) is 5.65. The monoisotopic (exact) mass is 196 g/mol. The van der Waals surface area contributed by atoms with Crippen molar-refractivity contribution in [3.8, 4) is 0 Å². The molecule has 1 unspecified atom stereocenters. The van der Waals surface area contributed by atoms with Crippen molar-refractivity contribution >= 4 is 5.78 Å². The molecule has 0 saturated heterocycles. The number of rotatable bonds is 1. The number of carbonyl (C=O) groups is 1. The zero-order valence-electron chi connectivity index (χ0n) is 9.43. The van der Waals surface area contributed by atoms with Crippen LogP contribution in [0.3, 0.4) is 0 Å². The van der Waals surface area contributed by atoms with Gasteiger partial charge in [-0.15, -0.1) is 0 Å². The summed E-state index contributed by atoms with van der Waals surface area (Å²) in [6.45, 7) is 6.20. The van der Waals surface area contributed by atoms with Crippen LogP contribution in [0.1, 0.15) is 52.9 Å². The second-order valence-electron chi connectivity index (χ2n) is 5.71. The van der Waals surface area contributed by atoms with Crippen molar-refractivity contribution in [2.45, 2.75) is 64.6 Å². The van der Waals surface area contributed by atoms with E-state index >= 15 is 0 Å². The molecule has 2 aliphatic carbocycles. The molecule has 0 aliphatic heterocycles. The molecule has 0 aromatic heterocycles. The van der Waals surface area contributed by atoms with Gasteiger partial charge in [-0.2, -0.15) is 0 Å². The van der Waals surface area contributed by atoms with Gasteiger partial charge in [-0.05, 0) is 33.6 Å². The lowest BCUT2D eigenvalue weighted by atomic mass is 9.63. The molecular formula is C12H20O2. The minimum Gasteiger partial charge on any atom is -0.371 e. The summed E-state index contributed by atoms with van der Waals surface area (Å²) in [4.78, 5) is 11.7. The number of Topliss-reactive ketones (excluding diaryl/α,β-unsaturated/α-hetero) is 1. The summed E-state index contributed by atoms with van der Waals surface area (Å²) in [6.07, 6.45) is 5.39. The molecule has 0 aromatic rings. The Labute approximate surface area is 86.0 Å². The van der Waals surface area contributed by atoms with Gasteiger partial charge in [0, 0.05) is 6.42 Å². The molecule has 2 aliphatic rings. The highest BCUT2D eigenvalue weighted by Crippen LogP contribution is 2.52. The van der Waals surface area contributed by atoms with E-state index in [1.165, 1.54) is 12.8 Å². The number of hydrogen-bond acceptors (Lipinski definition) is 2. The third kappa shape index (κ3) is 1.50. The number of ether oxygens (including phenoxy) is 1. The maximum absolute atomic E-state index is 11.7. The summed E-state index contributed by atoms with van der Waals surface area (Å²) < 4.78 is 5.96. The molecule has 1 atom stereocenters. The first kappa shape index (κ1) is 10.2. The molecule has 0 heterocycles. The van der Waals surface area contributed by atoms with Gasteiger partial charge in [0.15, 0.2) is 0 Å². The summed E-state index contributed by atoms with van der Waals surface area (Å²) in [7, 11) is 0. The van der Waals surface area contributed by atoms with Crippen molar-refractivity contribution in [3.05, 3.63) is 0 Å². The molecule has 0 aromatic carbocycles. The van der Waals surface area contributed by atoms with E-state index in [9.17, 15) is 4.79 Å². The minimum absolute atomic E-state index is 0.0622. The lowest BCUT2D eigenvalue weighted by Crippen LogP contribution is -2.55. The Morgan fingerprint density at radius 2 is 1.86 bits per heavy atom. The fourth-order valence-electron chi connectivity index (χ4n) is 2.80. The van der Waals surface area contributed by atoms with E-state index in [0.29, 0.717) is 12.2 Å². The predicted octanol–water partition coefficient (Wildman–Crippen LogP) is 2.70. The summed E-state index contributed by atoms with van der Waals surface area (Å²) in [5.74, 6) is 0.448. The van der Waals surface area contributed by atoms with Crippen LogP contribution in [0.4, 0.5) is 0 Å². The van der Waals surface area contributed by atoms with Crippen LogP contribution >= 0.6 is 0 Å². The van der Waals surface area contributed by atoms with Gasteiger partial charge in [0.1, 0.15) is 5.78 Å². The maximum atomic E-state index is 11.7. The van der Waals surface area contributed by atoms with E-state index in [1.807, 2.05) is 0 Å². The second kappa shape index (κ2) is 3.06. The highest BCUT2D eigenvalue weighted by Gasteiger charge is 2.57. The van der Waals surface area contributed by atoms with Crippen molar-refractivity contribution in [2.24, 2.45) is 5.41 Å². The normalized spacial score (nSPS) is 30.8. The van der Waals surface area contributed by atoms with Crippen molar-refractivity contribution in [1.29, 1.82) is 0 Å². The summed E-state index contributed by atoms with van der Waals surface area (Å²) >= 11 is 0. The lowest BCUT2D eigenvalue weighted by Gasteiger charge is -2.47. The molecule has 0 amide bonds. The van der Waals surface area contributed by atoms with Crippen LogP contribution in [0.25, 0.3) is 0 Å². The van der Waals surface area contributed by atoms with Gasteiger partial charge in [0.25, 0.3) is 0 Å². The van der Waals surface area contributed by atoms with Crippen molar-refractivity contribution in [2.75, 3.05) is 0 Å². The standard InChI is InChI=1S/C12H20O2/c1-11(2,3)14-10-8-9(13)12(10)6-4-5-7-12/h10H,4-8H2,1-3H3. The van der Waals surface area contributed by atoms with Crippen LogP contribution < -0.4 is 0 Å². The van der Waals surface area contributed by atoms with Crippen molar-refractivity contribution in [1.82, 2.24) is 0 Å². The third-order valence-electron chi connectivity index (χ3n) is 3.53. The molecule has 2 rings (SSSR count). The van der Waals surface area contributed by atoms with Gasteiger partial charge in [0.2, 0.25) is 0 Å². The third-order valence-corrected chi connectivity index (χ3v) is 3.53. The molecular weight excluding hydrogens is 176 g/mol. The smallest absolute Gasteiger partial charge is 0.144 e. The maximum Gasteiger partial charge on any atom is 0.144 e. The summed E-state index contributed by atoms with van der Waals surface area (Å²) in [6, 6.07) is 0. The van der Waals surface area contributed by atoms with Gasteiger partial charge in [-0.1, -0.05) is 12.8 Å². The Kier molecular flexibility index (Phi) is 2.22. The quantitative estimate of drug-likeness (QED) is 0.644. The van der Waals surface area contributed by atoms with Crippen LogP contribution in [-0.2, 0) is 9.53 Å². The number of hydrogen-bond donors (Lipinski definition) is 0.